The van der Waals surface area contributed by atoms with Gasteiger partial charge >= 0.3 is 5.97 Å². The zero-order chi connectivity index (χ0) is 27.1. The average Bonchev–Trinajstić information content (AvgIpc) is 3.19. The van der Waals surface area contributed by atoms with Crippen LogP contribution in [0.25, 0.3) is 0 Å². The minimum Gasteiger partial charge on any atom is -0.462 e. The van der Waals surface area contributed by atoms with Crippen LogP contribution in [0.5, 0.6) is 0 Å². The number of carbonyl (C=O) groups is 2. The third kappa shape index (κ3) is 4.46. The summed E-state index contributed by atoms with van der Waals surface area (Å²) < 4.78 is 6.13. The molecule has 0 saturated carbocycles. The van der Waals surface area contributed by atoms with Crippen molar-refractivity contribution in [2.45, 2.75) is 45.6 Å². The second-order valence-corrected chi connectivity index (χ2v) is 11.7. The summed E-state index contributed by atoms with van der Waals surface area (Å²) in [4.78, 5) is 29.1. The van der Waals surface area contributed by atoms with E-state index in [4.69, 9.17) is 9.84 Å². The fraction of sp³-hybridized carbons (Fsp3) is 0.344. The van der Waals surface area contributed by atoms with E-state index in [9.17, 15) is 9.59 Å². The van der Waals surface area contributed by atoms with Crippen LogP contribution < -0.4 is 9.91 Å². The maximum absolute atomic E-state index is 14.5. The first-order chi connectivity index (χ1) is 18.9. The van der Waals surface area contributed by atoms with E-state index in [0.29, 0.717) is 30.2 Å². The summed E-state index contributed by atoms with van der Waals surface area (Å²) in [5, 5.41) is 6.42. The number of piperidine rings is 1. The Morgan fingerprint density at radius 3 is 2.62 bits per heavy atom. The van der Waals surface area contributed by atoms with Crippen LogP contribution in [-0.4, -0.2) is 36.8 Å². The van der Waals surface area contributed by atoms with Gasteiger partial charge in [0.25, 0.3) is 5.91 Å². The van der Waals surface area contributed by atoms with Crippen molar-refractivity contribution < 1.29 is 14.3 Å². The van der Waals surface area contributed by atoms with E-state index in [-0.39, 0.29) is 17.9 Å². The standard InChI is InChI=1S/C32H32BrN3O3/c1-3-39-30(37)24-9-12-27(13-10-24)36-31(38)32(21(2)34-36)20-25-19-26(33)11-14-28(25)35-16-15-23(18-29(32)35)17-22-7-5-4-6-8-22/h4-14,19,23,29H,3,15-18,20H2,1-2H3/t23-,29+,32+/m1/s1. The average molecular weight is 587 g/mol. The Morgan fingerprint density at radius 2 is 1.87 bits per heavy atom. The highest BCUT2D eigenvalue weighted by Crippen LogP contribution is 2.51. The van der Waals surface area contributed by atoms with Crippen LogP contribution in [0.3, 0.4) is 0 Å². The lowest BCUT2D eigenvalue weighted by molar-refractivity contribution is -0.125. The number of hydrazone groups is 1. The van der Waals surface area contributed by atoms with Crippen LogP contribution >= 0.6 is 15.9 Å². The summed E-state index contributed by atoms with van der Waals surface area (Å²) in [6.07, 6.45) is 3.64. The van der Waals surface area contributed by atoms with E-state index in [2.05, 4.69) is 69.4 Å². The molecule has 1 amide bonds. The predicted octanol–water partition coefficient (Wildman–Crippen LogP) is 6.42. The van der Waals surface area contributed by atoms with Gasteiger partial charge in [0.1, 0.15) is 5.41 Å². The molecule has 3 aliphatic heterocycles. The Morgan fingerprint density at radius 1 is 1.10 bits per heavy atom. The molecule has 0 aliphatic carbocycles. The van der Waals surface area contributed by atoms with Crippen LogP contribution in [0.15, 0.2) is 82.4 Å². The van der Waals surface area contributed by atoms with Crippen LogP contribution in [0.4, 0.5) is 11.4 Å². The minimum atomic E-state index is -0.747. The van der Waals surface area contributed by atoms with Crippen molar-refractivity contribution in [2.75, 3.05) is 23.1 Å². The van der Waals surface area contributed by atoms with Gasteiger partial charge in [0.05, 0.1) is 23.6 Å². The molecule has 3 heterocycles. The molecule has 3 aromatic carbocycles. The van der Waals surface area contributed by atoms with Crippen molar-refractivity contribution in [1.82, 2.24) is 0 Å². The molecule has 7 heteroatoms. The third-order valence-electron chi connectivity index (χ3n) is 8.56. The van der Waals surface area contributed by atoms with Crippen molar-refractivity contribution in [3.05, 3.63) is 94.0 Å². The predicted molar refractivity (Wildman–Crippen MR) is 157 cm³/mol. The Balaban J connectivity index is 1.36. The second-order valence-electron chi connectivity index (χ2n) is 10.8. The first kappa shape index (κ1) is 25.8. The van der Waals surface area contributed by atoms with Gasteiger partial charge in [0.2, 0.25) is 0 Å². The third-order valence-corrected chi connectivity index (χ3v) is 9.05. The van der Waals surface area contributed by atoms with Gasteiger partial charge in [0, 0.05) is 22.7 Å². The number of nitrogens with zero attached hydrogens (tertiary/aromatic N) is 3. The first-order valence-corrected chi connectivity index (χ1v) is 14.5. The second kappa shape index (κ2) is 10.3. The highest BCUT2D eigenvalue weighted by Gasteiger charge is 2.59. The molecular weight excluding hydrogens is 554 g/mol. The van der Waals surface area contributed by atoms with Crippen molar-refractivity contribution in [3.8, 4) is 0 Å². The van der Waals surface area contributed by atoms with Gasteiger partial charge in [-0.05, 0) is 99.0 Å². The molecule has 200 valence electrons. The molecule has 1 saturated heterocycles. The molecule has 6 nitrogen and oxygen atoms in total. The number of hydrogen-bond acceptors (Lipinski definition) is 5. The lowest BCUT2D eigenvalue weighted by atomic mass is 9.64. The van der Waals surface area contributed by atoms with Crippen molar-refractivity contribution >= 4 is 44.9 Å². The van der Waals surface area contributed by atoms with Gasteiger partial charge < -0.3 is 9.64 Å². The van der Waals surface area contributed by atoms with E-state index in [1.165, 1.54) is 16.8 Å². The number of benzene rings is 3. The summed E-state index contributed by atoms with van der Waals surface area (Å²) in [6, 6.07) is 24.1. The molecule has 1 spiro atoms. The van der Waals surface area contributed by atoms with E-state index in [0.717, 1.165) is 36.0 Å². The molecule has 0 bridgehead atoms. The molecule has 3 aromatic rings. The largest absolute Gasteiger partial charge is 0.462 e. The quantitative estimate of drug-likeness (QED) is 0.324. The monoisotopic (exact) mass is 585 g/mol. The lowest BCUT2D eigenvalue weighted by Gasteiger charge is -2.52. The zero-order valence-electron chi connectivity index (χ0n) is 22.3. The highest BCUT2D eigenvalue weighted by molar-refractivity contribution is 9.10. The molecule has 0 unspecified atom stereocenters. The Labute approximate surface area is 237 Å². The number of anilines is 2. The van der Waals surface area contributed by atoms with E-state index < -0.39 is 5.41 Å². The van der Waals surface area contributed by atoms with Gasteiger partial charge in [-0.3, -0.25) is 4.79 Å². The first-order valence-electron chi connectivity index (χ1n) is 13.7. The number of rotatable bonds is 5. The maximum atomic E-state index is 14.5. The van der Waals surface area contributed by atoms with Crippen molar-refractivity contribution in [3.63, 3.8) is 0 Å². The van der Waals surface area contributed by atoms with Gasteiger partial charge in [-0.15, -0.1) is 0 Å². The summed E-state index contributed by atoms with van der Waals surface area (Å²) >= 11 is 3.65. The van der Waals surface area contributed by atoms with Crippen LogP contribution in [0, 0.1) is 11.3 Å². The van der Waals surface area contributed by atoms with Gasteiger partial charge in [-0.25, -0.2) is 4.79 Å². The van der Waals surface area contributed by atoms with Crippen molar-refractivity contribution in [1.29, 1.82) is 0 Å². The van der Waals surface area contributed by atoms with Crippen molar-refractivity contribution in [2.24, 2.45) is 16.4 Å². The topological polar surface area (TPSA) is 62.2 Å². The lowest BCUT2D eigenvalue weighted by Crippen LogP contribution is -2.62. The van der Waals surface area contributed by atoms with E-state index in [1.807, 2.05) is 6.92 Å². The molecular formula is C32H32BrN3O3. The molecule has 39 heavy (non-hydrogen) atoms. The number of amides is 1. The van der Waals surface area contributed by atoms with Crippen LogP contribution in [0.1, 0.15) is 48.2 Å². The number of halogens is 1. The highest BCUT2D eigenvalue weighted by atomic mass is 79.9. The number of hydrogen-bond donors (Lipinski definition) is 0. The molecule has 6 rings (SSSR count). The Bertz CT molecular complexity index is 1440. The summed E-state index contributed by atoms with van der Waals surface area (Å²) in [6.45, 7) is 5.02. The smallest absolute Gasteiger partial charge is 0.338 e. The number of fused-ring (bicyclic) bond motifs is 4. The molecule has 0 radical (unpaired) electrons. The minimum absolute atomic E-state index is 0.00451. The van der Waals surface area contributed by atoms with E-state index in [1.54, 1.807) is 36.2 Å². The van der Waals surface area contributed by atoms with Gasteiger partial charge in [-0.1, -0.05) is 46.3 Å². The molecule has 0 aromatic heterocycles. The molecule has 1 fully saturated rings. The number of carbonyl (C=O) groups excluding carboxylic acids is 2. The van der Waals surface area contributed by atoms with Gasteiger partial charge in [0.15, 0.2) is 0 Å². The fourth-order valence-electron chi connectivity index (χ4n) is 6.66. The Hall–Kier alpha value is -3.45. The summed E-state index contributed by atoms with van der Waals surface area (Å²) in [5.41, 5.74) is 4.96. The van der Waals surface area contributed by atoms with Crippen LogP contribution in [0.2, 0.25) is 0 Å². The Kier molecular flexibility index (Phi) is 6.79. The molecule has 0 N–H and O–H groups in total. The van der Waals surface area contributed by atoms with Crippen LogP contribution in [-0.2, 0) is 22.4 Å². The molecule has 3 aliphatic rings. The summed E-state index contributed by atoms with van der Waals surface area (Å²) in [7, 11) is 0. The fourth-order valence-corrected chi connectivity index (χ4v) is 7.07. The number of ether oxygens (including phenoxy) is 1. The zero-order valence-corrected chi connectivity index (χ0v) is 23.9. The molecule has 3 atom stereocenters. The normalized spacial score (nSPS) is 23.9. The van der Waals surface area contributed by atoms with Gasteiger partial charge in [-0.2, -0.15) is 10.1 Å². The summed E-state index contributed by atoms with van der Waals surface area (Å²) in [5.74, 6) is 0.121. The maximum Gasteiger partial charge on any atom is 0.338 e. The van der Waals surface area contributed by atoms with E-state index >= 15 is 0 Å². The SMILES string of the molecule is CCOC(=O)c1ccc(N2N=C(C)[C@]3(Cc4cc(Br)ccc4N4CC[C@H](Cc5ccccc5)C[C@H]43)C2=O)cc1. The number of esters is 1.